The number of fused-ring (bicyclic) bond motifs is 1. The largest absolute Gasteiger partial charge is 0.336 e. The van der Waals surface area contributed by atoms with Gasteiger partial charge in [-0.05, 0) is 50.1 Å². The second kappa shape index (κ2) is 8.12. The normalized spacial score (nSPS) is 10.9. The topological polar surface area (TPSA) is 92.5 Å². The molecule has 3 aromatic rings. The van der Waals surface area contributed by atoms with Crippen LogP contribution in [0, 0.1) is 19.7 Å². The van der Waals surface area contributed by atoms with Gasteiger partial charge in [0.15, 0.2) is 0 Å². The summed E-state index contributed by atoms with van der Waals surface area (Å²) in [6, 6.07) is 5.45. The fourth-order valence-electron chi connectivity index (χ4n) is 2.98. The van der Waals surface area contributed by atoms with Crippen molar-refractivity contribution in [3.8, 4) is 0 Å². The van der Waals surface area contributed by atoms with Crippen molar-refractivity contribution in [2.24, 2.45) is 0 Å². The van der Waals surface area contributed by atoms with Crippen LogP contribution < -0.4 is 5.32 Å². The summed E-state index contributed by atoms with van der Waals surface area (Å²) < 4.78 is 14.6. The Bertz CT molecular complexity index is 1020. The Hall–Kier alpha value is -3.36. The Kier molecular flexibility index (Phi) is 5.62. The van der Waals surface area contributed by atoms with Gasteiger partial charge >= 0.3 is 0 Å². The number of rotatable bonds is 6. The SMILES string of the molecule is Cc1nc2ncnn2c(C)c1CCC(=O)N(C)CC(=O)Nc1ccc(F)cc1. The van der Waals surface area contributed by atoms with Gasteiger partial charge in [-0.15, -0.1) is 0 Å². The van der Waals surface area contributed by atoms with Crippen molar-refractivity contribution < 1.29 is 14.0 Å². The van der Waals surface area contributed by atoms with Gasteiger partial charge in [0, 0.05) is 30.5 Å². The molecule has 9 heteroatoms. The summed E-state index contributed by atoms with van der Waals surface area (Å²) in [5.74, 6) is -0.360. The van der Waals surface area contributed by atoms with Crippen LogP contribution in [0.3, 0.4) is 0 Å². The average Bonchev–Trinajstić information content (AvgIpc) is 3.11. The number of nitrogens with one attached hydrogen (secondary N) is 1. The standard InChI is InChI=1S/C19H21FN6O2/c1-12-16(13(2)26-19(23-12)21-11-22-26)8-9-18(28)25(3)10-17(27)24-15-6-4-14(20)5-7-15/h4-7,11H,8-10H2,1-3H3,(H,24,27). The first-order valence-corrected chi connectivity index (χ1v) is 8.80. The van der Waals surface area contributed by atoms with Crippen LogP contribution >= 0.6 is 0 Å². The van der Waals surface area contributed by atoms with Crippen molar-refractivity contribution >= 4 is 23.3 Å². The molecule has 0 fully saturated rings. The Morgan fingerprint density at radius 3 is 2.64 bits per heavy atom. The molecule has 0 bridgehead atoms. The first-order chi connectivity index (χ1) is 13.3. The van der Waals surface area contributed by atoms with E-state index in [1.54, 1.807) is 11.6 Å². The van der Waals surface area contributed by atoms with E-state index in [4.69, 9.17) is 0 Å². The van der Waals surface area contributed by atoms with Crippen LogP contribution in [-0.4, -0.2) is 49.9 Å². The van der Waals surface area contributed by atoms with Gasteiger partial charge in [-0.1, -0.05) is 0 Å². The smallest absolute Gasteiger partial charge is 0.252 e. The van der Waals surface area contributed by atoms with Crippen LogP contribution in [0.1, 0.15) is 23.4 Å². The van der Waals surface area contributed by atoms with Crippen molar-refractivity contribution in [2.45, 2.75) is 26.7 Å². The maximum absolute atomic E-state index is 12.9. The maximum Gasteiger partial charge on any atom is 0.252 e. The molecule has 2 aromatic heterocycles. The van der Waals surface area contributed by atoms with Gasteiger partial charge < -0.3 is 10.2 Å². The first kappa shape index (κ1) is 19.4. The molecular formula is C19H21FN6O2. The van der Waals surface area contributed by atoms with E-state index in [0.717, 1.165) is 17.0 Å². The van der Waals surface area contributed by atoms with E-state index in [9.17, 15) is 14.0 Å². The number of benzene rings is 1. The Morgan fingerprint density at radius 2 is 1.93 bits per heavy atom. The van der Waals surface area contributed by atoms with Crippen molar-refractivity contribution in [3.63, 3.8) is 0 Å². The number of hydrogen-bond donors (Lipinski definition) is 1. The molecule has 146 valence electrons. The highest BCUT2D eigenvalue weighted by atomic mass is 19.1. The zero-order valence-corrected chi connectivity index (χ0v) is 15.9. The van der Waals surface area contributed by atoms with Gasteiger partial charge in [0.05, 0.1) is 6.54 Å². The van der Waals surface area contributed by atoms with Crippen LogP contribution in [0.15, 0.2) is 30.6 Å². The monoisotopic (exact) mass is 384 g/mol. The zero-order valence-electron chi connectivity index (χ0n) is 15.9. The van der Waals surface area contributed by atoms with Gasteiger partial charge in [0.1, 0.15) is 12.1 Å². The summed E-state index contributed by atoms with van der Waals surface area (Å²) in [5, 5.41) is 6.77. The summed E-state index contributed by atoms with van der Waals surface area (Å²) >= 11 is 0. The molecule has 1 aromatic carbocycles. The first-order valence-electron chi connectivity index (χ1n) is 8.80. The zero-order chi connectivity index (χ0) is 20.3. The van der Waals surface area contributed by atoms with Crippen LogP contribution in [0.5, 0.6) is 0 Å². The summed E-state index contributed by atoms with van der Waals surface area (Å²) in [7, 11) is 1.57. The lowest BCUT2D eigenvalue weighted by Crippen LogP contribution is -2.35. The average molecular weight is 384 g/mol. The van der Waals surface area contributed by atoms with E-state index < -0.39 is 0 Å². The number of carbonyl (C=O) groups excluding carboxylic acids is 2. The number of carbonyl (C=O) groups is 2. The fraction of sp³-hybridized carbons (Fsp3) is 0.316. The Morgan fingerprint density at radius 1 is 1.21 bits per heavy atom. The molecule has 28 heavy (non-hydrogen) atoms. The second-order valence-corrected chi connectivity index (χ2v) is 6.54. The molecule has 0 aliphatic carbocycles. The van der Waals surface area contributed by atoms with Gasteiger partial charge in [-0.3, -0.25) is 9.59 Å². The molecule has 8 nitrogen and oxygen atoms in total. The lowest BCUT2D eigenvalue weighted by molar-refractivity contribution is -0.133. The minimum Gasteiger partial charge on any atom is -0.336 e. The third-order valence-electron chi connectivity index (χ3n) is 4.51. The van der Waals surface area contributed by atoms with E-state index in [1.165, 1.54) is 35.5 Å². The number of likely N-dealkylation sites (N-methyl/N-ethyl adjacent to an activating group) is 1. The molecule has 2 heterocycles. The molecule has 3 rings (SSSR count). The highest BCUT2D eigenvalue weighted by Gasteiger charge is 2.16. The van der Waals surface area contributed by atoms with Crippen molar-refractivity contribution in [1.82, 2.24) is 24.5 Å². The maximum atomic E-state index is 12.9. The molecule has 0 spiro atoms. The summed E-state index contributed by atoms with van der Waals surface area (Å²) in [4.78, 5) is 34.3. The molecule has 0 unspecified atom stereocenters. The number of amides is 2. The number of hydrogen-bond acceptors (Lipinski definition) is 5. The Labute approximate surface area is 161 Å². The van der Waals surface area contributed by atoms with Gasteiger partial charge in [-0.2, -0.15) is 10.1 Å². The number of halogens is 1. The quantitative estimate of drug-likeness (QED) is 0.701. The van der Waals surface area contributed by atoms with E-state index in [-0.39, 0.29) is 30.6 Å². The van der Waals surface area contributed by atoms with Crippen LogP contribution in [-0.2, 0) is 16.0 Å². The minimum absolute atomic E-state index is 0.0888. The molecule has 0 atom stereocenters. The predicted octanol–water partition coefficient (Wildman–Crippen LogP) is 1.91. The van der Waals surface area contributed by atoms with Crippen molar-refractivity contribution in [2.75, 3.05) is 18.9 Å². The van der Waals surface area contributed by atoms with Crippen molar-refractivity contribution in [1.29, 1.82) is 0 Å². The highest BCUT2D eigenvalue weighted by Crippen LogP contribution is 2.15. The van der Waals surface area contributed by atoms with Gasteiger partial charge in [0.2, 0.25) is 11.8 Å². The molecule has 0 saturated heterocycles. The van der Waals surface area contributed by atoms with E-state index in [2.05, 4.69) is 20.4 Å². The summed E-state index contributed by atoms with van der Waals surface area (Å²) in [5.41, 5.74) is 3.12. The molecular weight excluding hydrogens is 363 g/mol. The van der Waals surface area contributed by atoms with E-state index >= 15 is 0 Å². The third-order valence-corrected chi connectivity index (χ3v) is 4.51. The van der Waals surface area contributed by atoms with Crippen molar-refractivity contribution in [3.05, 3.63) is 53.4 Å². The summed E-state index contributed by atoms with van der Waals surface area (Å²) in [6.45, 7) is 3.70. The van der Waals surface area contributed by atoms with Crippen LogP contribution in [0.2, 0.25) is 0 Å². The molecule has 1 N–H and O–H groups in total. The minimum atomic E-state index is -0.380. The second-order valence-electron chi connectivity index (χ2n) is 6.54. The van der Waals surface area contributed by atoms with Gasteiger partial charge in [-0.25, -0.2) is 13.9 Å². The lowest BCUT2D eigenvalue weighted by Gasteiger charge is -2.17. The van der Waals surface area contributed by atoms with Gasteiger partial charge in [0.25, 0.3) is 5.78 Å². The number of nitrogens with zero attached hydrogens (tertiary/aromatic N) is 5. The number of aromatic nitrogens is 4. The molecule has 0 saturated carbocycles. The summed E-state index contributed by atoms with van der Waals surface area (Å²) in [6.07, 6.45) is 2.17. The van der Waals surface area contributed by atoms with E-state index in [0.29, 0.717) is 17.9 Å². The molecule has 2 amide bonds. The number of anilines is 1. The third kappa shape index (κ3) is 4.30. The highest BCUT2D eigenvalue weighted by molar-refractivity contribution is 5.94. The molecule has 0 aliphatic rings. The number of aryl methyl sites for hydroxylation is 2. The molecule has 0 radical (unpaired) electrons. The van der Waals surface area contributed by atoms with Crippen LogP contribution in [0.25, 0.3) is 5.78 Å². The van der Waals surface area contributed by atoms with Crippen LogP contribution in [0.4, 0.5) is 10.1 Å². The fourth-order valence-corrected chi connectivity index (χ4v) is 2.98. The predicted molar refractivity (Wildman–Crippen MR) is 101 cm³/mol. The Balaban J connectivity index is 1.57. The lowest BCUT2D eigenvalue weighted by atomic mass is 10.1. The van der Waals surface area contributed by atoms with E-state index in [1.807, 2.05) is 13.8 Å². The molecule has 0 aliphatic heterocycles.